The summed E-state index contributed by atoms with van der Waals surface area (Å²) in [6, 6.07) is 8.36. The van der Waals surface area contributed by atoms with E-state index in [1.54, 1.807) is 22.7 Å². The number of aromatic nitrogens is 1. The SMILES string of the molecule is O=C1CCCc2nc(-c3csc4ccccc34)sc21. The number of Topliss-reactive ketones (excluding diaryl/α,β-unsaturated/α-hetero) is 1. The number of hydrogen-bond acceptors (Lipinski definition) is 4. The maximum Gasteiger partial charge on any atom is 0.174 e. The molecular weight excluding hydrogens is 274 g/mol. The zero-order valence-corrected chi connectivity index (χ0v) is 11.8. The maximum absolute atomic E-state index is 11.9. The average molecular weight is 285 g/mol. The number of rotatable bonds is 1. The van der Waals surface area contributed by atoms with Gasteiger partial charge >= 0.3 is 0 Å². The molecule has 1 aliphatic carbocycles. The number of thiazole rings is 1. The standard InChI is InChI=1S/C15H11NOS2/c17-12-6-3-5-11-14(12)19-15(16-11)10-8-18-13-7-2-1-4-9(10)13/h1-2,4,7-8H,3,5-6H2. The summed E-state index contributed by atoms with van der Waals surface area (Å²) in [5, 5.41) is 4.39. The topological polar surface area (TPSA) is 30.0 Å². The van der Waals surface area contributed by atoms with Gasteiger partial charge in [0.1, 0.15) is 5.01 Å². The summed E-state index contributed by atoms with van der Waals surface area (Å²) in [7, 11) is 0. The summed E-state index contributed by atoms with van der Waals surface area (Å²) in [6.45, 7) is 0. The van der Waals surface area contributed by atoms with Crippen molar-refractivity contribution in [3.8, 4) is 10.6 Å². The zero-order chi connectivity index (χ0) is 12.8. The largest absolute Gasteiger partial charge is 0.293 e. The van der Waals surface area contributed by atoms with Gasteiger partial charge in [-0.15, -0.1) is 22.7 Å². The smallest absolute Gasteiger partial charge is 0.174 e. The van der Waals surface area contributed by atoms with Crippen LogP contribution in [0.25, 0.3) is 20.7 Å². The first-order chi connectivity index (χ1) is 9.33. The minimum absolute atomic E-state index is 0.268. The number of benzene rings is 1. The fourth-order valence-electron chi connectivity index (χ4n) is 2.53. The molecule has 19 heavy (non-hydrogen) atoms. The van der Waals surface area contributed by atoms with Gasteiger partial charge in [-0.25, -0.2) is 4.98 Å². The lowest BCUT2D eigenvalue weighted by Gasteiger charge is -2.06. The van der Waals surface area contributed by atoms with E-state index in [4.69, 9.17) is 4.98 Å². The number of thiophene rings is 1. The van der Waals surface area contributed by atoms with Gasteiger partial charge in [0.2, 0.25) is 0 Å². The molecule has 0 N–H and O–H groups in total. The predicted octanol–water partition coefficient (Wildman–Crippen LogP) is 4.54. The number of fused-ring (bicyclic) bond motifs is 2. The van der Waals surface area contributed by atoms with Crippen LogP contribution in [0.2, 0.25) is 0 Å². The summed E-state index contributed by atoms with van der Waals surface area (Å²) in [6.07, 6.45) is 2.57. The number of nitrogens with zero attached hydrogens (tertiary/aromatic N) is 1. The van der Waals surface area contributed by atoms with Crippen LogP contribution in [0.15, 0.2) is 29.6 Å². The highest BCUT2D eigenvalue weighted by Crippen LogP contribution is 2.38. The summed E-state index contributed by atoms with van der Waals surface area (Å²) in [5.74, 6) is 0.268. The van der Waals surface area contributed by atoms with Crippen molar-refractivity contribution in [2.45, 2.75) is 19.3 Å². The first-order valence-electron chi connectivity index (χ1n) is 6.32. The first kappa shape index (κ1) is 11.3. The third-order valence-electron chi connectivity index (χ3n) is 3.48. The van der Waals surface area contributed by atoms with Gasteiger partial charge in [-0.3, -0.25) is 4.79 Å². The van der Waals surface area contributed by atoms with Crippen molar-refractivity contribution in [3.05, 3.63) is 40.2 Å². The van der Waals surface area contributed by atoms with Gasteiger partial charge in [0, 0.05) is 27.5 Å². The maximum atomic E-state index is 11.9. The molecule has 2 heterocycles. The van der Waals surface area contributed by atoms with Crippen LogP contribution >= 0.6 is 22.7 Å². The van der Waals surface area contributed by atoms with E-state index in [0.717, 1.165) is 28.4 Å². The monoisotopic (exact) mass is 285 g/mol. The molecule has 1 aromatic carbocycles. The number of ketones is 1. The molecule has 0 fully saturated rings. The van der Waals surface area contributed by atoms with Gasteiger partial charge < -0.3 is 0 Å². The highest BCUT2D eigenvalue weighted by Gasteiger charge is 2.23. The van der Waals surface area contributed by atoms with E-state index < -0.39 is 0 Å². The van der Waals surface area contributed by atoms with E-state index >= 15 is 0 Å². The van der Waals surface area contributed by atoms with Crippen LogP contribution in [0.4, 0.5) is 0 Å². The number of aryl methyl sites for hydroxylation is 1. The molecule has 1 aliphatic rings. The normalized spacial score (nSPS) is 14.8. The molecule has 2 aromatic heterocycles. The molecule has 0 atom stereocenters. The number of carbonyl (C=O) groups excluding carboxylic acids is 1. The Balaban J connectivity index is 1.91. The van der Waals surface area contributed by atoms with Crippen molar-refractivity contribution in [1.82, 2.24) is 4.98 Å². The lowest BCUT2D eigenvalue weighted by molar-refractivity contribution is 0.0976. The fraction of sp³-hybridized carbons (Fsp3) is 0.200. The highest BCUT2D eigenvalue weighted by molar-refractivity contribution is 7.20. The minimum Gasteiger partial charge on any atom is -0.293 e. The molecule has 0 saturated carbocycles. The van der Waals surface area contributed by atoms with Gasteiger partial charge in [-0.1, -0.05) is 18.2 Å². The Hall–Kier alpha value is -1.52. The second kappa shape index (κ2) is 4.25. The van der Waals surface area contributed by atoms with Crippen LogP contribution in [-0.2, 0) is 6.42 Å². The lowest BCUT2D eigenvalue weighted by Crippen LogP contribution is -2.07. The van der Waals surface area contributed by atoms with Crippen molar-refractivity contribution in [3.63, 3.8) is 0 Å². The molecule has 0 spiro atoms. The Labute approximate surface area is 118 Å². The molecule has 0 bridgehead atoms. The fourth-order valence-corrected chi connectivity index (χ4v) is 4.66. The quantitative estimate of drug-likeness (QED) is 0.657. The van der Waals surface area contributed by atoms with Crippen LogP contribution in [0.3, 0.4) is 0 Å². The Kier molecular flexibility index (Phi) is 2.53. The van der Waals surface area contributed by atoms with Crippen molar-refractivity contribution in [1.29, 1.82) is 0 Å². The van der Waals surface area contributed by atoms with Crippen LogP contribution in [-0.4, -0.2) is 10.8 Å². The second-order valence-corrected chi connectivity index (χ2v) is 6.63. The summed E-state index contributed by atoms with van der Waals surface area (Å²) in [4.78, 5) is 17.5. The van der Waals surface area contributed by atoms with Crippen molar-refractivity contribution >= 4 is 38.5 Å². The van der Waals surface area contributed by atoms with Crippen molar-refractivity contribution < 1.29 is 4.79 Å². The van der Waals surface area contributed by atoms with E-state index in [0.29, 0.717) is 6.42 Å². The van der Waals surface area contributed by atoms with Crippen LogP contribution in [0, 0.1) is 0 Å². The Bertz CT molecular complexity index is 784. The van der Waals surface area contributed by atoms with Gasteiger partial charge in [-0.2, -0.15) is 0 Å². The van der Waals surface area contributed by atoms with Crippen molar-refractivity contribution in [2.24, 2.45) is 0 Å². The Morgan fingerprint density at radius 3 is 2.95 bits per heavy atom. The molecule has 0 saturated heterocycles. The number of carbonyl (C=O) groups is 1. The van der Waals surface area contributed by atoms with E-state index in [1.165, 1.54) is 15.6 Å². The second-order valence-electron chi connectivity index (χ2n) is 4.72. The Morgan fingerprint density at radius 2 is 2.05 bits per heavy atom. The molecular formula is C15H11NOS2. The van der Waals surface area contributed by atoms with E-state index in [1.807, 2.05) is 0 Å². The molecule has 3 aromatic rings. The van der Waals surface area contributed by atoms with Gasteiger partial charge in [-0.05, 0) is 18.9 Å². The molecule has 0 radical (unpaired) electrons. The molecule has 4 rings (SSSR count). The number of hydrogen-bond donors (Lipinski definition) is 0. The zero-order valence-electron chi connectivity index (χ0n) is 10.2. The summed E-state index contributed by atoms with van der Waals surface area (Å²) >= 11 is 3.30. The van der Waals surface area contributed by atoms with E-state index in [2.05, 4.69) is 29.6 Å². The summed E-state index contributed by atoms with van der Waals surface area (Å²) in [5.41, 5.74) is 2.18. The first-order valence-corrected chi connectivity index (χ1v) is 8.02. The minimum atomic E-state index is 0.268. The van der Waals surface area contributed by atoms with Crippen molar-refractivity contribution in [2.75, 3.05) is 0 Å². The van der Waals surface area contributed by atoms with Gasteiger partial charge in [0.25, 0.3) is 0 Å². The summed E-state index contributed by atoms with van der Waals surface area (Å²) < 4.78 is 1.27. The molecule has 0 aliphatic heterocycles. The van der Waals surface area contributed by atoms with Crippen LogP contribution in [0.1, 0.15) is 28.2 Å². The predicted molar refractivity (Wildman–Crippen MR) is 80.2 cm³/mol. The third-order valence-corrected chi connectivity index (χ3v) is 5.61. The van der Waals surface area contributed by atoms with Crippen LogP contribution < -0.4 is 0 Å². The Morgan fingerprint density at radius 1 is 1.16 bits per heavy atom. The molecule has 4 heteroatoms. The highest BCUT2D eigenvalue weighted by atomic mass is 32.1. The molecule has 94 valence electrons. The molecule has 2 nitrogen and oxygen atoms in total. The molecule has 0 amide bonds. The molecule has 0 unspecified atom stereocenters. The van der Waals surface area contributed by atoms with Gasteiger partial charge in [0.05, 0.1) is 10.6 Å². The third kappa shape index (κ3) is 1.75. The van der Waals surface area contributed by atoms with Gasteiger partial charge in [0.15, 0.2) is 5.78 Å². The average Bonchev–Trinajstić information content (AvgIpc) is 3.02. The van der Waals surface area contributed by atoms with E-state index in [9.17, 15) is 4.79 Å². The van der Waals surface area contributed by atoms with Crippen LogP contribution in [0.5, 0.6) is 0 Å². The van der Waals surface area contributed by atoms with E-state index in [-0.39, 0.29) is 5.78 Å². The lowest BCUT2D eigenvalue weighted by atomic mass is 10.0.